The highest BCUT2D eigenvalue weighted by atomic mass is 31.1. The fourth-order valence-electron chi connectivity index (χ4n) is 0.506. The van der Waals surface area contributed by atoms with Crippen molar-refractivity contribution in [1.82, 2.24) is 0 Å². The average Bonchev–Trinajstić information content (AvgIpc) is 1.62. The van der Waals surface area contributed by atoms with Gasteiger partial charge in [-0.15, -0.1) is 0 Å². The number of rotatable bonds is 2. The first-order chi connectivity index (χ1) is 4.16. The number of hydrogen-bond acceptors (Lipinski definition) is 5. The van der Waals surface area contributed by atoms with Gasteiger partial charge >= 0.3 is 14.2 Å². The SMILES string of the molecule is NC1(CCO)O[P+](=O)O1. The first-order valence-corrected chi connectivity index (χ1v) is 3.51. The van der Waals surface area contributed by atoms with Crippen LogP contribution in [0.5, 0.6) is 0 Å². The molecule has 0 radical (unpaired) electrons. The molecular formula is C3H7NO4P+. The van der Waals surface area contributed by atoms with Gasteiger partial charge in [0.15, 0.2) is 0 Å². The van der Waals surface area contributed by atoms with Gasteiger partial charge in [-0.3, -0.25) is 5.73 Å². The number of hydrogen-bond donors (Lipinski definition) is 2. The zero-order valence-electron chi connectivity index (χ0n) is 4.61. The van der Waals surface area contributed by atoms with E-state index in [0.29, 0.717) is 0 Å². The zero-order chi connectivity index (χ0) is 6.91. The Hall–Kier alpha value is -0.0600. The van der Waals surface area contributed by atoms with Crippen LogP contribution in [0.1, 0.15) is 6.42 Å². The fourth-order valence-corrected chi connectivity index (χ4v) is 1.21. The topological polar surface area (TPSA) is 81.8 Å². The minimum Gasteiger partial charge on any atom is -0.396 e. The largest absolute Gasteiger partial charge is 0.706 e. The molecule has 0 unspecified atom stereocenters. The Balaban J connectivity index is 2.31. The van der Waals surface area contributed by atoms with Crippen molar-refractivity contribution in [3.05, 3.63) is 0 Å². The van der Waals surface area contributed by atoms with Crippen molar-refractivity contribution in [2.45, 2.75) is 12.3 Å². The average molecular weight is 152 g/mol. The Labute approximate surface area is 52.7 Å². The molecule has 1 rings (SSSR count). The predicted octanol–water partition coefficient (Wildman–Crippen LogP) is -0.315. The monoisotopic (exact) mass is 152 g/mol. The molecule has 0 saturated carbocycles. The molecule has 0 aromatic carbocycles. The fraction of sp³-hybridized carbons (Fsp3) is 1.00. The molecule has 6 heteroatoms. The molecule has 5 nitrogen and oxygen atoms in total. The van der Waals surface area contributed by atoms with Crippen LogP contribution in [0.25, 0.3) is 0 Å². The van der Waals surface area contributed by atoms with E-state index in [2.05, 4.69) is 9.05 Å². The van der Waals surface area contributed by atoms with Crippen molar-refractivity contribution in [3.63, 3.8) is 0 Å². The van der Waals surface area contributed by atoms with Crippen LogP contribution in [0.15, 0.2) is 0 Å². The molecule has 0 atom stereocenters. The summed E-state index contributed by atoms with van der Waals surface area (Å²) >= 11 is 0. The van der Waals surface area contributed by atoms with E-state index in [1.54, 1.807) is 0 Å². The lowest BCUT2D eigenvalue weighted by molar-refractivity contribution is -0.190. The first kappa shape index (κ1) is 7.05. The molecule has 3 N–H and O–H groups in total. The minimum absolute atomic E-state index is 0.139. The Morgan fingerprint density at radius 1 is 1.67 bits per heavy atom. The minimum atomic E-state index is -2.00. The summed E-state index contributed by atoms with van der Waals surface area (Å²) in [5.41, 5.74) is 5.22. The normalized spacial score (nSPS) is 38.2. The van der Waals surface area contributed by atoms with Crippen molar-refractivity contribution in [3.8, 4) is 0 Å². The van der Waals surface area contributed by atoms with Gasteiger partial charge in [-0.05, 0) is 0 Å². The van der Waals surface area contributed by atoms with Gasteiger partial charge in [0.2, 0.25) is 0 Å². The maximum atomic E-state index is 10.1. The second-order valence-electron chi connectivity index (χ2n) is 1.69. The molecule has 0 spiro atoms. The summed E-state index contributed by atoms with van der Waals surface area (Å²) in [6.07, 6.45) is 0.147. The van der Waals surface area contributed by atoms with Crippen molar-refractivity contribution in [2.24, 2.45) is 5.73 Å². The molecule has 0 aromatic rings. The van der Waals surface area contributed by atoms with Crippen molar-refractivity contribution in [1.29, 1.82) is 0 Å². The lowest BCUT2D eigenvalue weighted by Gasteiger charge is -2.21. The third kappa shape index (κ3) is 1.44. The summed E-state index contributed by atoms with van der Waals surface area (Å²) in [4.78, 5) is 0. The van der Waals surface area contributed by atoms with E-state index in [1.165, 1.54) is 0 Å². The Kier molecular flexibility index (Phi) is 1.79. The third-order valence-corrected chi connectivity index (χ3v) is 1.83. The third-order valence-electron chi connectivity index (χ3n) is 0.918. The van der Waals surface area contributed by atoms with Gasteiger partial charge < -0.3 is 5.11 Å². The lowest BCUT2D eigenvalue weighted by Crippen LogP contribution is -2.49. The van der Waals surface area contributed by atoms with E-state index >= 15 is 0 Å². The van der Waals surface area contributed by atoms with Crippen LogP contribution in [-0.4, -0.2) is 17.6 Å². The number of aliphatic hydroxyl groups excluding tert-OH is 1. The summed E-state index contributed by atoms with van der Waals surface area (Å²) in [7, 11) is -2.00. The zero-order valence-corrected chi connectivity index (χ0v) is 5.51. The molecule has 52 valence electrons. The Morgan fingerprint density at radius 2 is 2.22 bits per heavy atom. The molecule has 1 aliphatic rings. The molecule has 1 heterocycles. The highest BCUT2D eigenvalue weighted by molar-refractivity contribution is 7.34. The smallest absolute Gasteiger partial charge is 0.396 e. The van der Waals surface area contributed by atoms with Crippen LogP contribution < -0.4 is 5.73 Å². The molecule has 0 bridgehead atoms. The molecule has 1 saturated heterocycles. The highest BCUT2D eigenvalue weighted by Crippen LogP contribution is 2.46. The summed E-state index contributed by atoms with van der Waals surface area (Å²) in [6.45, 7) is -0.139. The second kappa shape index (κ2) is 2.28. The standard InChI is InChI=1S/C3H7NO4P/c4-3(1-2-5)7-9(6)8-3/h5H,1-2,4H2/q+1. The van der Waals surface area contributed by atoms with Gasteiger partial charge in [-0.25, -0.2) is 0 Å². The van der Waals surface area contributed by atoms with Crippen molar-refractivity contribution in [2.75, 3.05) is 6.61 Å². The molecule has 9 heavy (non-hydrogen) atoms. The van der Waals surface area contributed by atoms with Crippen LogP contribution in [0.2, 0.25) is 0 Å². The summed E-state index contributed by atoms with van der Waals surface area (Å²) < 4.78 is 19.1. The molecule has 1 aliphatic heterocycles. The van der Waals surface area contributed by atoms with E-state index in [0.717, 1.165) is 0 Å². The van der Waals surface area contributed by atoms with Gasteiger partial charge in [0.05, 0.1) is 0 Å². The van der Waals surface area contributed by atoms with Gasteiger partial charge in [0, 0.05) is 17.6 Å². The van der Waals surface area contributed by atoms with E-state index in [-0.39, 0.29) is 13.0 Å². The van der Waals surface area contributed by atoms with Crippen molar-refractivity contribution < 1.29 is 18.7 Å². The van der Waals surface area contributed by atoms with E-state index in [1.807, 2.05) is 0 Å². The number of aliphatic hydroxyl groups is 1. The molecule has 1 fully saturated rings. The summed E-state index contributed by atoms with van der Waals surface area (Å²) in [5, 5.41) is 8.32. The highest BCUT2D eigenvalue weighted by Gasteiger charge is 2.57. The van der Waals surface area contributed by atoms with E-state index < -0.39 is 14.2 Å². The van der Waals surface area contributed by atoms with Crippen LogP contribution >= 0.6 is 8.25 Å². The van der Waals surface area contributed by atoms with Crippen LogP contribution in [0.3, 0.4) is 0 Å². The first-order valence-electron chi connectivity index (χ1n) is 2.41. The van der Waals surface area contributed by atoms with Gasteiger partial charge in [0.1, 0.15) is 0 Å². The van der Waals surface area contributed by atoms with Crippen LogP contribution in [0, 0.1) is 0 Å². The quantitative estimate of drug-likeness (QED) is 0.530. The van der Waals surface area contributed by atoms with Crippen molar-refractivity contribution >= 4 is 8.25 Å². The van der Waals surface area contributed by atoms with E-state index in [9.17, 15) is 4.57 Å². The maximum Gasteiger partial charge on any atom is 0.706 e. The molecule has 0 aliphatic carbocycles. The maximum absolute atomic E-state index is 10.1. The van der Waals surface area contributed by atoms with Gasteiger partial charge in [-0.1, -0.05) is 9.05 Å². The van der Waals surface area contributed by atoms with Crippen LogP contribution in [0.4, 0.5) is 0 Å². The Bertz CT molecular complexity index is 130. The molecule has 0 amide bonds. The predicted molar refractivity (Wildman–Crippen MR) is 28.4 cm³/mol. The lowest BCUT2D eigenvalue weighted by atomic mass is 10.4. The summed E-state index contributed by atoms with van der Waals surface area (Å²) in [6, 6.07) is 0. The number of nitrogens with two attached hydrogens (primary N) is 1. The van der Waals surface area contributed by atoms with Gasteiger partial charge in [-0.2, -0.15) is 0 Å². The molecule has 0 aromatic heterocycles. The van der Waals surface area contributed by atoms with E-state index in [4.69, 9.17) is 10.8 Å². The molecular weight excluding hydrogens is 145 g/mol. The van der Waals surface area contributed by atoms with Gasteiger partial charge in [0.25, 0.3) is 0 Å². The second-order valence-corrected chi connectivity index (χ2v) is 2.50. The Morgan fingerprint density at radius 3 is 2.56 bits per heavy atom. The summed E-state index contributed by atoms with van der Waals surface area (Å²) in [5.74, 6) is -1.29. The van der Waals surface area contributed by atoms with Crippen LogP contribution in [-0.2, 0) is 13.6 Å².